The first-order valence-corrected chi connectivity index (χ1v) is 24.0. The first-order valence-electron chi connectivity index (χ1n) is 22.7. The van der Waals surface area contributed by atoms with E-state index in [0.717, 1.165) is 17.2 Å². The van der Waals surface area contributed by atoms with Crippen LogP contribution in [0.1, 0.15) is 103 Å². The van der Waals surface area contributed by atoms with Crippen LogP contribution in [-0.2, 0) is 38.2 Å². The number of allylic oxidation sites excluding steroid dienone is 4. The molecule has 1 saturated heterocycles. The van der Waals surface area contributed by atoms with Crippen LogP contribution in [0, 0.1) is 28.6 Å². The van der Waals surface area contributed by atoms with Crippen molar-refractivity contribution in [1.29, 1.82) is 0 Å². The van der Waals surface area contributed by atoms with Crippen LogP contribution < -0.4 is 16.0 Å². The summed E-state index contributed by atoms with van der Waals surface area (Å²) in [7, 11) is 0. The maximum atomic E-state index is 17.8. The van der Waals surface area contributed by atoms with E-state index in [0.29, 0.717) is 11.3 Å². The molecule has 2 aromatic carbocycles. The smallest absolute Gasteiger partial charge is 0.232 e. The molecule has 1 heterocycles. The van der Waals surface area contributed by atoms with E-state index in [1.54, 1.807) is 39.8 Å². The average Bonchev–Trinajstić information content (AvgIpc) is 3.80. The van der Waals surface area contributed by atoms with Crippen molar-refractivity contribution >= 4 is 52.5 Å². The van der Waals surface area contributed by atoms with Crippen LogP contribution in [0.3, 0.4) is 0 Å². The van der Waals surface area contributed by atoms with E-state index in [2.05, 4.69) is 16.0 Å². The lowest BCUT2D eigenvalue weighted by Gasteiger charge is -2.63. The second kappa shape index (κ2) is 18.8. The molecule has 1 aliphatic heterocycles. The average molecular weight is 934 g/mol. The van der Waals surface area contributed by atoms with Gasteiger partial charge in [-0.2, -0.15) is 11.8 Å². The van der Waals surface area contributed by atoms with Crippen molar-refractivity contribution in [1.82, 2.24) is 10.6 Å². The van der Waals surface area contributed by atoms with E-state index in [-0.39, 0.29) is 78.9 Å². The van der Waals surface area contributed by atoms with Gasteiger partial charge in [-0.1, -0.05) is 63.2 Å². The minimum absolute atomic E-state index is 0.00738. The van der Waals surface area contributed by atoms with Gasteiger partial charge in [0.2, 0.25) is 17.7 Å². The molecule has 5 N–H and O–H groups in total. The maximum Gasteiger partial charge on any atom is 0.232 e. The SMILES string of the molecule is CSC(C)C(=O)NCCC(=O)N[C@@H](C)C(=O)C[C@@H](C)C(=O)Nc1ccc([C@@H](C)c2ccc([C@@H]3O[C@@H]4C[C@H]5[C@@H]6C[C@H](F)C7=CC(=O)C=C[C@]7(C)[C@@]6(F)[C@@H](O)C[C@]5(C)[C@]4(C(=O)CO)O3)cc2)cc1. The number of aliphatic hydroxyl groups is 2. The highest BCUT2D eigenvalue weighted by Gasteiger charge is 2.80. The quantitative estimate of drug-likeness (QED) is 0.137. The number of hydrogen-bond donors (Lipinski definition) is 5. The van der Waals surface area contributed by atoms with E-state index < -0.39 is 88.7 Å². The number of Topliss-reactive ketones (excluding diaryl/α,β-unsaturated/α-hetero) is 2. The van der Waals surface area contributed by atoms with Gasteiger partial charge in [-0.05, 0) is 93.2 Å². The van der Waals surface area contributed by atoms with Gasteiger partial charge < -0.3 is 35.6 Å². The zero-order chi connectivity index (χ0) is 48.1. The largest absolute Gasteiger partial charge is 0.390 e. The molecule has 0 radical (unpaired) electrons. The number of ketones is 3. The molecule has 2 aromatic rings. The third-order valence-electron chi connectivity index (χ3n) is 15.5. The minimum atomic E-state index is -2.34. The fraction of sp³-hybridized carbons (Fsp3) is 0.560. The van der Waals surface area contributed by atoms with Crippen LogP contribution in [-0.4, -0.2) is 106 Å². The second-order valence-corrected chi connectivity index (χ2v) is 20.4. The summed E-state index contributed by atoms with van der Waals surface area (Å²) in [6.07, 6.45) is -0.126. The highest BCUT2D eigenvalue weighted by atomic mass is 32.2. The van der Waals surface area contributed by atoms with Gasteiger partial charge in [0.15, 0.2) is 34.9 Å². The molecule has 14 atom stereocenters. The van der Waals surface area contributed by atoms with Crippen LogP contribution >= 0.6 is 11.8 Å². The van der Waals surface area contributed by atoms with Crippen LogP contribution in [0.25, 0.3) is 0 Å². The molecule has 16 heteroatoms. The van der Waals surface area contributed by atoms with E-state index in [9.17, 15) is 39.0 Å². The van der Waals surface area contributed by atoms with Crippen LogP contribution in [0.4, 0.5) is 14.5 Å². The molecule has 356 valence electrons. The Kier molecular flexibility index (Phi) is 14.1. The Balaban J connectivity index is 0.960. The van der Waals surface area contributed by atoms with Crippen molar-refractivity contribution in [3.8, 4) is 0 Å². The normalized spacial score (nSPS) is 33.7. The number of carbonyl (C=O) groups is 6. The van der Waals surface area contributed by atoms with Gasteiger partial charge in [-0.25, -0.2) is 8.78 Å². The first kappa shape index (κ1) is 49.3. The summed E-state index contributed by atoms with van der Waals surface area (Å²) >= 11 is 1.40. The monoisotopic (exact) mass is 933 g/mol. The topological polar surface area (TPSA) is 197 Å². The predicted molar refractivity (Wildman–Crippen MR) is 244 cm³/mol. The van der Waals surface area contributed by atoms with Crippen molar-refractivity contribution < 1.29 is 57.2 Å². The summed E-state index contributed by atoms with van der Waals surface area (Å²) in [5.41, 5.74) is -3.87. The Bertz CT molecular complexity index is 2310. The molecule has 3 saturated carbocycles. The Morgan fingerprint density at radius 1 is 0.939 bits per heavy atom. The molecule has 66 heavy (non-hydrogen) atoms. The number of alkyl halides is 2. The zero-order valence-electron chi connectivity index (χ0n) is 38.4. The van der Waals surface area contributed by atoms with Crippen LogP contribution in [0.5, 0.6) is 0 Å². The number of aliphatic hydroxyl groups excluding tert-OH is 2. The van der Waals surface area contributed by atoms with Gasteiger partial charge in [-0.3, -0.25) is 28.8 Å². The van der Waals surface area contributed by atoms with Crippen molar-refractivity contribution in [3.63, 3.8) is 0 Å². The fourth-order valence-electron chi connectivity index (χ4n) is 11.5. The van der Waals surface area contributed by atoms with E-state index in [1.807, 2.05) is 49.6 Å². The van der Waals surface area contributed by atoms with Gasteiger partial charge >= 0.3 is 0 Å². The number of thioether (sulfide) groups is 1. The fourth-order valence-corrected chi connectivity index (χ4v) is 11.8. The number of rotatable bonds is 16. The molecule has 0 bridgehead atoms. The number of benzene rings is 2. The number of hydrogen-bond acceptors (Lipinski definition) is 11. The molecule has 1 unspecified atom stereocenters. The Morgan fingerprint density at radius 3 is 2.23 bits per heavy atom. The number of carbonyl (C=O) groups excluding carboxylic acids is 6. The van der Waals surface area contributed by atoms with E-state index in [1.165, 1.54) is 30.8 Å². The van der Waals surface area contributed by atoms with Crippen molar-refractivity contribution in [2.75, 3.05) is 24.7 Å². The summed E-state index contributed by atoms with van der Waals surface area (Å²) in [6.45, 7) is 9.53. The van der Waals surface area contributed by atoms with Gasteiger partial charge in [0.25, 0.3) is 0 Å². The summed E-state index contributed by atoms with van der Waals surface area (Å²) < 4.78 is 46.9. The number of nitrogens with one attached hydrogen (secondary N) is 3. The van der Waals surface area contributed by atoms with Gasteiger partial charge in [0.1, 0.15) is 12.8 Å². The van der Waals surface area contributed by atoms with E-state index in [4.69, 9.17) is 9.47 Å². The lowest BCUT2D eigenvalue weighted by Crippen LogP contribution is -2.70. The van der Waals surface area contributed by atoms with Gasteiger partial charge in [0, 0.05) is 59.2 Å². The number of fused-ring (bicyclic) bond motifs is 7. The standard InChI is InChI=1S/C50H61F2N3O10S/c1-26(20-39(58)28(3)54-43(61)17-19-53-45(63)29(4)66-7)44(62)55-33-14-12-31(13-15-33)27(2)30-8-10-32(11-9-30)46-64-42-23-35-36-22-38(51)37-21-34(57)16-18-47(37,5)49(36,52)40(59)24-48(35,6)50(42,65-46)41(60)25-56/h8-16,18,21,26-29,35-36,38,40,42,46,56,59H,17,19-20,22-25H2,1-7H3,(H,53,63)(H,54,61)(H,55,62)/t26-,27+,28+,29?,35+,36+,38+,40+,42-,46-,47+,48+,49+,50-/m1/s1. The maximum absolute atomic E-state index is 17.8. The molecule has 3 amide bonds. The van der Waals surface area contributed by atoms with Crippen molar-refractivity contribution in [2.45, 2.75) is 127 Å². The molecule has 5 aliphatic rings. The van der Waals surface area contributed by atoms with E-state index >= 15 is 8.78 Å². The summed E-state index contributed by atoms with van der Waals surface area (Å²) in [4.78, 5) is 76.3. The molecule has 4 fully saturated rings. The van der Waals surface area contributed by atoms with Crippen molar-refractivity contribution in [3.05, 3.63) is 89.0 Å². The third kappa shape index (κ3) is 8.39. The lowest BCUT2D eigenvalue weighted by atomic mass is 9.44. The zero-order valence-corrected chi connectivity index (χ0v) is 39.2. The van der Waals surface area contributed by atoms with Gasteiger partial charge in [-0.15, -0.1) is 0 Å². The molecular formula is C50H61F2N3O10S. The number of ether oxygens (including phenoxy) is 2. The summed E-state index contributed by atoms with van der Waals surface area (Å²) in [5, 5.41) is 30.1. The number of amides is 3. The highest BCUT2D eigenvalue weighted by Crippen LogP contribution is 2.72. The molecule has 0 aromatic heterocycles. The minimum Gasteiger partial charge on any atom is -0.390 e. The molecule has 13 nitrogen and oxygen atoms in total. The highest BCUT2D eigenvalue weighted by molar-refractivity contribution is 7.99. The molecular weight excluding hydrogens is 873 g/mol. The third-order valence-corrected chi connectivity index (χ3v) is 16.4. The Hall–Kier alpha value is -4.61. The first-order chi connectivity index (χ1) is 31.1. The van der Waals surface area contributed by atoms with Gasteiger partial charge in [0.05, 0.1) is 23.5 Å². The van der Waals surface area contributed by atoms with Crippen molar-refractivity contribution in [2.24, 2.45) is 28.6 Å². The Morgan fingerprint density at radius 2 is 1.59 bits per heavy atom. The summed E-state index contributed by atoms with van der Waals surface area (Å²) in [6, 6.07) is 14.0. The van der Waals surface area contributed by atoms with Crippen LogP contribution in [0.2, 0.25) is 0 Å². The molecule has 7 rings (SSSR count). The molecule has 4 aliphatic carbocycles. The second-order valence-electron chi connectivity index (χ2n) is 19.3. The lowest BCUT2D eigenvalue weighted by molar-refractivity contribution is -0.235. The Labute approximate surface area is 388 Å². The summed E-state index contributed by atoms with van der Waals surface area (Å²) in [5.74, 6) is -4.75. The number of halogens is 2. The van der Waals surface area contributed by atoms with Crippen LogP contribution in [0.15, 0.2) is 72.3 Å². The predicted octanol–water partition coefficient (Wildman–Crippen LogP) is 5.78. The number of anilines is 1. The molecule has 0 spiro atoms.